The normalized spacial score (nSPS) is 19.4. The smallest absolute Gasteiger partial charge is 0.304 e. The predicted molar refractivity (Wildman–Crippen MR) is 88.4 cm³/mol. The van der Waals surface area contributed by atoms with Crippen molar-refractivity contribution in [3.05, 3.63) is 65.5 Å². The van der Waals surface area contributed by atoms with Crippen molar-refractivity contribution in [1.82, 2.24) is 4.90 Å². The quantitative estimate of drug-likeness (QED) is 0.819. The first-order valence-electron chi connectivity index (χ1n) is 7.91. The van der Waals surface area contributed by atoms with Crippen molar-refractivity contribution in [3.63, 3.8) is 0 Å². The zero-order chi connectivity index (χ0) is 18.0. The lowest BCUT2D eigenvalue weighted by atomic mass is 9.80. The van der Waals surface area contributed by atoms with Crippen molar-refractivity contribution >= 4 is 11.9 Å². The van der Waals surface area contributed by atoms with Crippen LogP contribution in [0, 0.1) is 11.7 Å². The van der Waals surface area contributed by atoms with E-state index in [0.29, 0.717) is 11.3 Å². The first kappa shape index (κ1) is 17.0. The van der Waals surface area contributed by atoms with Crippen LogP contribution in [-0.4, -0.2) is 29.0 Å². The van der Waals surface area contributed by atoms with Crippen molar-refractivity contribution in [2.75, 3.05) is 7.11 Å². The number of β-lactam (4-membered cyclic amide) rings is 1. The van der Waals surface area contributed by atoms with Crippen LogP contribution in [0.1, 0.15) is 23.6 Å². The highest BCUT2D eigenvalue weighted by Crippen LogP contribution is 2.43. The molecule has 0 unspecified atom stereocenters. The summed E-state index contributed by atoms with van der Waals surface area (Å²) in [6.07, 6.45) is -0.255. The number of carboxylic acids is 1. The van der Waals surface area contributed by atoms with Gasteiger partial charge in [0, 0.05) is 12.1 Å². The van der Waals surface area contributed by atoms with E-state index >= 15 is 0 Å². The highest BCUT2D eigenvalue weighted by molar-refractivity contribution is 5.90. The maximum Gasteiger partial charge on any atom is 0.304 e. The fraction of sp³-hybridized carbons (Fsp3) is 0.263. The number of rotatable bonds is 6. The van der Waals surface area contributed by atoms with Crippen LogP contribution < -0.4 is 4.74 Å². The van der Waals surface area contributed by atoms with Crippen LogP contribution in [0.4, 0.5) is 4.39 Å². The SMILES string of the molecule is COc1cccc([C@@H]2[C@@H](CC(=O)O)C(=O)N2Cc2ccccc2F)c1. The molecule has 1 amide bonds. The fourth-order valence-electron chi connectivity index (χ4n) is 3.23. The second-order valence-electron chi connectivity index (χ2n) is 5.98. The number of amides is 1. The third-order valence-corrected chi connectivity index (χ3v) is 4.45. The number of methoxy groups -OCH3 is 1. The topological polar surface area (TPSA) is 66.8 Å². The number of ether oxygens (including phenoxy) is 1. The van der Waals surface area contributed by atoms with Gasteiger partial charge in [0.05, 0.1) is 25.5 Å². The number of carbonyl (C=O) groups is 2. The first-order chi connectivity index (χ1) is 12.0. The third kappa shape index (κ3) is 3.33. The van der Waals surface area contributed by atoms with Crippen LogP contribution in [0.5, 0.6) is 5.75 Å². The summed E-state index contributed by atoms with van der Waals surface area (Å²) in [4.78, 5) is 25.1. The molecule has 0 aromatic heterocycles. The van der Waals surface area contributed by atoms with E-state index in [1.165, 1.54) is 18.1 Å². The van der Waals surface area contributed by atoms with Gasteiger partial charge in [-0.05, 0) is 23.8 Å². The molecule has 0 bridgehead atoms. The molecule has 2 aromatic carbocycles. The number of hydrogen-bond acceptors (Lipinski definition) is 3. The summed E-state index contributed by atoms with van der Waals surface area (Å²) in [6, 6.07) is 13.0. The molecule has 1 N–H and O–H groups in total. The molecule has 1 aliphatic heterocycles. The lowest BCUT2D eigenvalue weighted by Gasteiger charge is -2.47. The second-order valence-corrected chi connectivity index (χ2v) is 5.98. The van der Waals surface area contributed by atoms with Gasteiger partial charge in [0.15, 0.2) is 0 Å². The fourth-order valence-corrected chi connectivity index (χ4v) is 3.23. The molecule has 130 valence electrons. The first-order valence-corrected chi connectivity index (χ1v) is 7.91. The van der Waals surface area contributed by atoms with E-state index in [4.69, 9.17) is 9.84 Å². The monoisotopic (exact) mass is 343 g/mol. The molecule has 1 fully saturated rings. The van der Waals surface area contributed by atoms with Crippen LogP contribution in [0.3, 0.4) is 0 Å². The zero-order valence-corrected chi connectivity index (χ0v) is 13.7. The van der Waals surface area contributed by atoms with Gasteiger partial charge in [-0.15, -0.1) is 0 Å². The van der Waals surface area contributed by atoms with E-state index in [-0.39, 0.29) is 24.7 Å². The van der Waals surface area contributed by atoms with Crippen LogP contribution in [-0.2, 0) is 16.1 Å². The Kier molecular flexibility index (Phi) is 4.70. The molecular formula is C19H18FNO4. The van der Waals surface area contributed by atoms with Gasteiger partial charge in [-0.1, -0.05) is 30.3 Å². The number of carboxylic acid groups (broad SMARTS) is 1. The van der Waals surface area contributed by atoms with Gasteiger partial charge in [-0.3, -0.25) is 9.59 Å². The average molecular weight is 343 g/mol. The maximum absolute atomic E-state index is 13.9. The Morgan fingerprint density at radius 2 is 2.00 bits per heavy atom. The summed E-state index contributed by atoms with van der Waals surface area (Å²) >= 11 is 0. The number of hydrogen-bond donors (Lipinski definition) is 1. The molecule has 0 radical (unpaired) electrons. The van der Waals surface area contributed by atoms with Crippen molar-refractivity contribution in [3.8, 4) is 5.75 Å². The van der Waals surface area contributed by atoms with Crippen LogP contribution in [0.2, 0.25) is 0 Å². The van der Waals surface area contributed by atoms with Gasteiger partial charge >= 0.3 is 5.97 Å². The summed E-state index contributed by atoms with van der Waals surface area (Å²) in [5.41, 5.74) is 1.18. The van der Waals surface area contributed by atoms with E-state index < -0.39 is 17.9 Å². The molecule has 1 saturated heterocycles. The van der Waals surface area contributed by atoms with E-state index in [9.17, 15) is 14.0 Å². The van der Waals surface area contributed by atoms with E-state index in [2.05, 4.69) is 0 Å². The van der Waals surface area contributed by atoms with Crippen molar-refractivity contribution in [2.45, 2.75) is 19.0 Å². The lowest BCUT2D eigenvalue weighted by molar-refractivity contribution is -0.163. The van der Waals surface area contributed by atoms with E-state index in [1.54, 1.807) is 36.4 Å². The summed E-state index contributed by atoms with van der Waals surface area (Å²) in [5.74, 6) is -1.73. The van der Waals surface area contributed by atoms with Gasteiger partial charge in [-0.25, -0.2) is 4.39 Å². The molecule has 5 nitrogen and oxygen atoms in total. The van der Waals surface area contributed by atoms with Crippen molar-refractivity contribution < 1.29 is 23.8 Å². The number of nitrogens with zero attached hydrogens (tertiary/aromatic N) is 1. The molecule has 3 rings (SSSR count). The molecule has 1 aliphatic rings. The minimum Gasteiger partial charge on any atom is -0.497 e. The van der Waals surface area contributed by atoms with Crippen LogP contribution in [0.15, 0.2) is 48.5 Å². The average Bonchev–Trinajstić information content (AvgIpc) is 2.61. The maximum atomic E-state index is 13.9. The Balaban J connectivity index is 1.91. The van der Waals surface area contributed by atoms with Gasteiger partial charge in [0.1, 0.15) is 11.6 Å². The molecule has 1 heterocycles. The highest BCUT2D eigenvalue weighted by Gasteiger charge is 2.48. The number of benzene rings is 2. The molecule has 0 aliphatic carbocycles. The molecule has 0 spiro atoms. The van der Waals surface area contributed by atoms with E-state index in [0.717, 1.165) is 5.56 Å². The predicted octanol–water partition coefficient (Wildman–Crippen LogP) is 3.01. The van der Waals surface area contributed by atoms with Gasteiger partial charge in [0.25, 0.3) is 0 Å². The van der Waals surface area contributed by atoms with Gasteiger partial charge < -0.3 is 14.7 Å². The molecule has 6 heteroatoms. The number of likely N-dealkylation sites (tertiary alicyclic amines) is 1. The second kappa shape index (κ2) is 6.93. The molecule has 25 heavy (non-hydrogen) atoms. The largest absolute Gasteiger partial charge is 0.497 e. The molecule has 2 aromatic rings. The Morgan fingerprint density at radius 1 is 1.24 bits per heavy atom. The summed E-state index contributed by atoms with van der Waals surface area (Å²) in [7, 11) is 1.54. The summed E-state index contributed by atoms with van der Waals surface area (Å²) in [5, 5.41) is 9.10. The minimum atomic E-state index is -1.03. The Labute approximate surface area is 144 Å². The minimum absolute atomic E-state index is 0.101. The molecular weight excluding hydrogens is 325 g/mol. The number of aliphatic carboxylic acids is 1. The van der Waals surface area contributed by atoms with Gasteiger partial charge in [-0.2, -0.15) is 0 Å². The Bertz CT molecular complexity index is 808. The third-order valence-electron chi connectivity index (χ3n) is 4.45. The molecule has 0 saturated carbocycles. The van der Waals surface area contributed by atoms with Crippen molar-refractivity contribution in [1.29, 1.82) is 0 Å². The van der Waals surface area contributed by atoms with Crippen LogP contribution in [0.25, 0.3) is 0 Å². The lowest BCUT2D eigenvalue weighted by Crippen LogP contribution is -2.55. The molecule has 2 atom stereocenters. The summed E-state index contributed by atoms with van der Waals surface area (Å²) < 4.78 is 19.2. The standard InChI is InChI=1S/C19H18FNO4/c1-25-14-7-4-6-12(9-14)18-15(10-17(22)23)19(24)21(18)11-13-5-2-3-8-16(13)20/h2-9,15,18H,10-11H2,1H3,(H,22,23)/t15-,18-/m1/s1. The Morgan fingerprint density at radius 3 is 2.68 bits per heavy atom. The van der Waals surface area contributed by atoms with Crippen LogP contribution >= 0.6 is 0 Å². The number of carbonyl (C=O) groups excluding carboxylic acids is 1. The van der Waals surface area contributed by atoms with E-state index in [1.807, 2.05) is 6.07 Å². The highest BCUT2D eigenvalue weighted by atomic mass is 19.1. The van der Waals surface area contributed by atoms with Crippen molar-refractivity contribution in [2.24, 2.45) is 5.92 Å². The number of halogens is 1. The Hall–Kier alpha value is -2.89. The summed E-state index contributed by atoms with van der Waals surface area (Å²) in [6.45, 7) is 0.101. The zero-order valence-electron chi connectivity index (χ0n) is 13.7. The van der Waals surface area contributed by atoms with Gasteiger partial charge in [0.2, 0.25) is 5.91 Å².